The van der Waals surface area contributed by atoms with Crippen molar-refractivity contribution in [1.29, 1.82) is 0 Å². The Morgan fingerprint density at radius 2 is 1.88 bits per heavy atom. The summed E-state index contributed by atoms with van der Waals surface area (Å²) in [5.74, 6) is -1.75. The van der Waals surface area contributed by atoms with E-state index in [1.54, 1.807) is 0 Å². The minimum atomic E-state index is -3.25. The molecule has 0 heterocycles. The van der Waals surface area contributed by atoms with Crippen molar-refractivity contribution in [1.82, 2.24) is 0 Å². The van der Waals surface area contributed by atoms with Gasteiger partial charge < -0.3 is 10.2 Å². The minimum absolute atomic E-state index is 1.75. The van der Waals surface area contributed by atoms with Crippen LogP contribution in [-0.2, 0) is 15.5 Å². The standard InChI is InChI=1S/C2H4O5S/c3-1(4)2(5)8(6)7/h2,5,8H,(H,3,4). The predicted octanol–water partition coefficient (Wildman–Crippen LogP) is -2.00. The van der Waals surface area contributed by atoms with Gasteiger partial charge in [0, 0.05) is 0 Å². The lowest BCUT2D eigenvalue weighted by Gasteiger charge is -1.89. The molecule has 0 saturated carbocycles. The van der Waals surface area contributed by atoms with E-state index in [0.29, 0.717) is 0 Å². The Balaban J connectivity index is 4.04. The van der Waals surface area contributed by atoms with Gasteiger partial charge in [0.15, 0.2) is 10.7 Å². The zero-order chi connectivity index (χ0) is 6.73. The summed E-state index contributed by atoms with van der Waals surface area (Å²) in [6.07, 6.45) is 0. The topological polar surface area (TPSA) is 91.7 Å². The number of hydrogen-bond acceptors (Lipinski definition) is 4. The molecule has 0 radical (unpaired) electrons. The molecule has 6 heteroatoms. The van der Waals surface area contributed by atoms with Crippen LogP contribution in [0.5, 0.6) is 0 Å². The fourth-order valence-corrected chi connectivity index (χ4v) is 0.271. The molecule has 8 heavy (non-hydrogen) atoms. The van der Waals surface area contributed by atoms with Crippen LogP contribution in [0.3, 0.4) is 0 Å². The molecule has 0 aliphatic heterocycles. The third-order valence-corrected chi connectivity index (χ3v) is 1.04. The van der Waals surface area contributed by atoms with Gasteiger partial charge in [-0.15, -0.1) is 0 Å². The van der Waals surface area contributed by atoms with E-state index in [1.165, 1.54) is 0 Å². The minimum Gasteiger partial charge on any atom is -0.479 e. The number of carbonyl (C=O) groups is 1. The van der Waals surface area contributed by atoms with Crippen LogP contribution in [0.2, 0.25) is 0 Å². The molecule has 2 N–H and O–H groups in total. The lowest BCUT2D eigenvalue weighted by Crippen LogP contribution is -2.20. The molecule has 1 unspecified atom stereocenters. The lowest BCUT2D eigenvalue weighted by molar-refractivity contribution is -0.142. The van der Waals surface area contributed by atoms with Crippen molar-refractivity contribution in [3.63, 3.8) is 0 Å². The van der Waals surface area contributed by atoms with Gasteiger partial charge in [-0.1, -0.05) is 0 Å². The fraction of sp³-hybridized carbons (Fsp3) is 0.500. The van der Waals surface area contributed by atoms with Crippen molar-refractivity contribution >= 4 is 16.7 Å². The lowest BCUT2D eigenvalue weighted by atomic mass is 10.7. The molecule has 0 amide bonds. The first-order valence-electron chi connectivity index (χ1n) is 1.60. The maximum atomic E-state index is 9.55. The summed E-state index contributed by atoms with van der Waals surface area (Å²) >= 11 is 0. The van der Waals surface area contributed by atoms with E-state index in [-0.39, 0.29) is 0 Å². The summed E-state index contributed by atoms with van der Waals surface area (Å²) in [6.45, 7) is 0. The van der Waals surface area contributed by atoms with Crippen molar-refractivity contribution in [2.75, 3.05) is 0 Å². The summed E-state index contributed by atoms with van der Waals surface area (Å²) in [5.41, 5.74) is -2.26. The molecule has 0 saturated heterocycles. The van der Waals surface area contributed by atoms with Gasteiger partial charge >= 0.3 is 5.97 Å². The van der Waals surface area contributed by atoms with E-state index in [9.17, 15) is 13.2 Å². The third-order valence-electron chi connectivity index (χ3n) is 0.421. The average Bonchev–Trinajstić information content (AvgIpc) is 1.64. The van der Waals surface area contributed by atoms with Gasteiger partial charge in [0.1, 0.15) is 0 Å². The van der Waals surface area contributed by atoms with E-state index in [4.69, 9.17) is 10.2 Å². The number of aliphatic carboxylic acids is 1. The Morgan fingerprint density at radius 3 is 1.88 bits per heavy atom. The molecule has 0 bridgehead atoms. The zero-order valence-corrected chi connectivity index (χ0v) is 4.54. The van der Waals surface area contributed by atoms with Crippen LogP contribution in [0, 0.1) is 0 Å². The molecule has 0 rings (SSSR count). The highest BCUT2D eigenvalue weighted by Gasteiger charge is 2.14. The van der Waals surface area contributed by atoms with Crippen LogP contribution in [-0.4, -0.2) is 30.0 Å². The van der Waals surface area contributed by atoms with Gasteiger partial charge in [-0.2, -0.15) is 0 Å². The van der Waals surface area contributed by atoms with E-state index in [0.717, 1.165) is 0 Å². The molecule has 0 fully saturated rings. The monoisotopic (exact) mass is 140 g/mol. The van der Waals surface area contributed by atoms with Crippen LogP contribution in [0.25, 0.3) is 0 Å². The highest BCUT2D eigenvalue weighted by atomic mass is 32.2. The summed E-state index contributed by atoms with van der Waals surface area (Å²) in [4.78, 5) is 9.51. The number of aliphatic hydroxyl groups excluding tert-OH is 1. The summed E-state index contributed by atoms with van der Waals surface area (Å²) in [5, 5.41) is 15.7. The number of carboxylic acid groups (broad SMARTS) is 1. The molecule has 0 aliphatic rings. The van der Waals surface area contributed by atoms with Crippen molar-refractivity contribution in [2.24, 2.45) is 0 Å². The third kappa shape index (κ3) is 1.90. The maximum Gasteiger partial charge on any atom is 0.348 e. The van der Waals surface area contributed by atoms with E-state index in [1.807, 2.05) is 0 Å². The molecular formula is C2H4O5S. The van der Waals surface area contributed by atoms with Crippen molar-refractivity contribution in [2.45, 2.75) is 5.44 Å². The van der Waals surface area contributed by atoms with E-state index >= 15 is 0 Å². The van der Waals surface area contributed by atoms with Gasteiger partial charge in [0.05, 0.1) is 0 Å². The Labute approximate surface area is 46.5 Å². The summed E-state index contributed by atoms with van der Waals surface area (Å²) in [7, 11) is -3.25. The quantitative estimate of drug-likeness (QED) is 0.386. The van der Waals surface area contributed by atoms with Gasteiger partial charge in [-0.25, -0.2) is 13.2 Å². The average molecular weight is 140 g/mol. The number of rotatable bonds is 2. The zero-order valence-electron chi connectivity index (χ0n) is 3.64. The first-order chi connectivity index (χ1) is 3.55. The number of hydrogen-bond donors (Lipinski definition) is 3. The van der Waals surface area contributed by atoms with Crippen LogP contribution in [0.1, 0.15) is 0 Å². The smallest absolute Gasteiger partial charge is 0.348 e. The highest BCUT2D eigenvalue weighted by molar-refractivity contribution is 7.73. The Kier molecular flexibility index (Phi) is 2.43. The number of carboxylic acids is 1. The summed E-state index contributed by atoms with van der Waals surface area (Å²) in [6, 6.07) is 0. The van der Waals surface area contributed by atoms with Crippen molar-refractivity contribution in [3.8, 4) is 0 Å². The largest absolute Gasteiger partial charge is 0.479 e. The van der Waals surface area contributed by atoms with E-state index in [2.05, 4.69) is 0 Å². The first kappa shape index (κ1) is 7.38. The number of aliphatic hydroxyl groups is 1. The molecule has 48 valence electrons. The van der Waals surface area contributed by atoms with Crippen LogP contribution >= 0.6 is 0 Å². The van der Waals surface area contributed by atoms with E-state index < -0.39 is 22.1 Å². The van der Waals surface area contributed by atoms with Crippen LogP contribution in [0.15, 0.2) is 0 Å². The van der Waals surface area contributed by atoms with Gasteiger partial charge in [0.2, 0.25) is 0 Å². The molecule has 1 atom stereocenters. The first-order valence-corrected chi connectivity index (χ1v) is 2.84. The molecule has 5 nitrogen and oxygen atoms in total. The Bertz CT molecular complexity index is 150. The molecule has 0 aromatic heterocycles. The van der Waals surface area contributed by atoms with Crippen molar-refractivity contribution in [3.05, 3.63) is 0 Å². The SMILES string of the molecule is O=C(O)C(O)[SH](=O)=O. The second kappa shape index (κ2) is 2.63. The maximum absolute atomic E-state index is 9.55. The molecule has 0 aliphatic carbocycles. The normalized spacial score (nSPS) is 13.8. The Hall–Kier alpha value is -0.620. The fourth-order valence-electron chi connectivity index (χ4n) is 0.0902. The van der Waals surface area contributed by atoms with Gasteiger partial charge in [-0.3, -0.25) is 0 Å². The second-order valence-electron chi connectivity index (χ2n) is 0.997. The molecule has 0 spiro atoms. The number of thiol groups is 1. The predicted molar refractivity (Wildman–Crippen MR) is 24.0 cm³/mol. The molecule has 0 aromatic rings. The van der Waals surface area contributed by atoms with Crippen LogP contribution < -0.4 is 0 Å². The summed E-state index contributed by atoms with van der Waals surface area (Å²) < 4.78 is 19.1. The van der Waals surface area contributed by atoms with Crippen LogP contribution in [0.4, 0.5) is 0 Å². The van der Waals surface area contributed by atoms with Gasteiger partial charge in [-0.05, 0) is 0 Å². The second-order valence-corrected chi connectivity index (χ2v) is 2.06. The van der Waals surface area contributed by atoms with Crippen molar-refractivity contribution < 1.29 is 23.4 Å². The Morgan fingerprint density at radius 1 is 1.50 bits per heavy atom. The molecule has 0 aromatic carbocycles. The highest BCUT2D eigenvalue weighted by Crippen LogP contribution is 1.79. The molecular weight excluding hydrogens is 136 g/mol. The van der Waals surface area contributed by atoms with Gasteiger partial charge in [0.25, 0.3) is 5.44 Å².